The average Bonchev–Trinajstić information content (AvgIpc) is 2.99. The van der Waals surface area contributed by atoms with Crippen molar-refractivity contribution in [1.82, 2.24) is 4.90 Å². The molecule has 5 heteroatoms. The van der Waals surface area contributed by atoms with Crippen molar-refractivity contribution in [2.24, 2.45) is 5.92 Å². The van der Waals surface area contributed by atoms with Gasteiger partial charge < -0.3 is 4.74 Å². The molecule has 0 bridgehead atoms. The minimum atomic E-state index is 0. The summed E-state index contributed by atoms with van der Waals surface area (Å²) in [7, 11) is 0. The lowest BCUT2D eigenvalue weighted by Gasteiger charge is -2.27. The van der Waals surface area contributed by atoms with Crippen molar-refractivity contribution in [1.29, 1.82) is 5.26 Å². The number of ether oxygens (including phenoxy) is 1. The summed E-state index contributed by atoms with van der Waals surface area (Å²) in [5, 5.41) is 9.14. The minimum absolute atomic E-state index is 0. The molecule has 4 rings (SSSR count). The molecule has 0 N–H and O–H groups in total. The molecule has 24 heavy (non-hydrogen) atoms. The first-order chi connectivity index (χ1) is 11.2. The largest absolute Gasteiger partial charge is 0.493 e. The van der Waals surface area contributed by atoms with E-state index >= 15 is 0 Å². The van der Waals surface area contributed by atoms with E-state index in [0.29, 0.717) is 11.8 Å². The number of hydrogen-bond donors (Lipinski definition) is 0. The maximum atomic E-state index is 9.14. The monoisotopic (exact) mass is 404 g/mol. The highest BCUT2D eigenvalue weighted by molar-refractivity contribution is 9.10. The van der Waals surface area contributed by atoms with E-state index in [1.54, 1.807) is 0 Å². The van der Waals surface area contributed by atoms with Gasteiger partial charge in [-0.25, -0.2) is 0 Å². The van der Waals surface area contributed by atoms with Crippen LogP contribution in [0.2, 0.25) is 0 Å². The SMILES string of the molecule is Cl.N#Cc1ccc2c(c1)C1CN(Cc3ccc(Br)cc3)CC1CO2. The summed E-state index contributed by atoms with van der Waals surface area (Å²) < 4.78 is 7.02. The lowest BCUT2D eigenvalue weighted by molar-refractivity contribution is 0.212. The summed E-state index contributed by atoms with van der Waals surface area (Å²) in [5.74, 6) is 1.95. The average molecular weight is 406 g/mol. The van der Waals surface area contributed by atoms with Crippen LogP contribution in [-0.2, 0) is 6.54 Å². The highest BCUT2D eigenvalue weighted by atomic mass is 79.9. The Hall–Kier alpha value is -1.54. The number of rotatable bonds is 2. The molecule has 124 valence electrons. The second-order valence-corrected chi connectivity index (χ2v) is 7.28. The van der Waals surface area contributed by atoms with Crippen LogP contribution in [0, 0.1) is 17.2 Å². The Morgan fingerprint density at radius 3 is 2.71 bits per heavy atom. The maximum Gasteiger partial charge on any atom is 0.122 e. The van der Waals surface area contributed by atoms with Gasteiger partial charge >= 0.3 is 0 Å². The normalized spacial score (nSPS) is 21.8. The van der Waals surface area contributed by atoms with Crippen LogP contribution in [0.1, 0.15) is 22.6 Å². The molecular formula is C19H18BrClN2O. The highest BCUT2D eigenvalue weighted by Gasteiger charge is 2.38. The molecule has 2 heterocycles. The molecule has 2 unspecified atom stereocenters. The highest BCUT2D eigenvalue weighted by Crippen LogP contribution is 2.42. The Labute approximate surface area is 156 Å². The summed E-state index contributed by atoms with van der Waals surface area (Å²) in [6, 6.07) is 16.6. The van der Waals surface area contributed by atoms with Crippen molar-refractivity contribution in [3.8, 4) is 11.8 Å². The molecule has 0 spiro atoms. The van der Waals surface area contributed by atoms with Crippen molar-refractivity contribution < 1.29 is 4.74 Å². The van der Waals surface area contributed by atoms with Gasteiger partial charge in [0, 0.05) is 41.5 Å². The zero-order valence-electron chi connectivity index (χ0n) is 13.1. The number of fused-ring (bicyclic) bond motifs is 3. The molecule has 2 aromatic rings. The molecule has 2 aliphatic rings. The predicted octanol–water partition coefficient (Wildman–Crippen LogP) is 4.35. The Morgan fingerprint density at radius 2 is 1.96 bits per heavy atom. The fourth-order valence-electron chi connectivity index (χ4n) is 3.69. The zero-order chi connectivity index (χ0) is 15.8. The quantitative estimate of drug-likeness (QED) is 0.745. The van der Waals surface area contributed by atoms with Gasteiger partial charge in [0.15, 0.2) is 0 Å². The second kappa shape index (κ2) is 7.14. The fraction of sp³-hybridized carbons (Fsp3) is 0.316. The van der Waals surface area contributed by atoms with E-state index in [1.165, 1.54) is 11.1 Å². The van der Waals surface area contributed by atoms with Crippen LogP contribution in [0.5, 0.6) is 5.75 Å². The Morgan fingerprint density at radius 1 is 1.17 bits per heavy atom. The van der Waals surface area contributed by atoms with Crippen LogP contribution in [0.15, 0.2) is 46.9 Å². The Balaban J connectivity index is 0.00000169. The van der Waals surface area contributed by atoms with Gasteiger partial charge in [-0.2, -0.15) is 5.26 Å². The summed E-state index contributed by atoms with van der Waals surface area (Å²) >= 11 is 3.48. The molecule has 2 atom stereocenters. The molecule has 1 saturated heterocycles. The number of hydrogen-bond acceptors (Lipinski definition) is 3. The van der Waals surface area contributed by atoms with Gasteiger partial charge in [0.2, 0.25) is 0 Å². The van der Waals surface area contributed by atoms with E-state index in [0.717, 1.165) is 42.0 Å². The van der Waals surface area contributed by atoms with E-state index in [1.807, 2.05) is 18.2 Å². The molecule has 3 nitrogen and oxygen atoms in total. The molecule has 0 aliphatic carbocycles. The molecule has 2 aliphatic heterocycles. The Bertz CT molecular complexity index is 772. The van der Waals surface area contributed by atoms with Crippen LogP contribution in [0.4, 0.5) is 0 Å². The number of benzene rings is 2. The summed E-state index contributed by atoms with van der Waals surface area (Å²) in [4.78, 5) is 2.50. The van der Waals surface area contributed by atoms with Crippen molar-refractivity contribution in [2.75, 3.05) is 19.7 Å². The van der Waals surface area contributed by atoms with Crippen molar-refractivity contribution in [3.63, 3.8) is 0 Å². The first-order valence-electron chi connectivity index (χ1n) is 7.86. The number of likely N-dealkylation sites (tertiary alicyclic amines) is 1. The maximum absolute atomic E-state index is 9.14. The van der Waals surface area contributed by atoms with Crippen LogP contribution >= 0.6 is 28.3 Å². The molecular weight excluding hydrogens is 388 g/mol. The summed E-state index contributed by atoms with van der Waals surface area (Å²) in [6.45, 7) is 3.83. The van der Waals surface area contributed by atoms with Crippen LogP contribution in [0.3, 0.4) is 0 Å². The molecule has 0 amide bonds. The first-order valence-corrected chi connectivity index (χ1v) is 8.66. The third-order valence-corrected chi connectivity index (χ3v) is 5.36. The van der Waals surface area contributed by atoms with Gasteiger partial charge in [-0.1, -0.05) is 28.1 Å². The van der Waals surface area contributed by atoms with Crippen molar-refractivity contribution >= 4 is 28.3 Å². The smallest absolute Gasteiger partial charge is 0.122 e. The number of nitrogens with zero attached hydrogens (tertiary/aromatic N) is 2. The molecule has 0 saturated carbocycles. The topological polar surface area (TPSA) is 36.3 Å². The predicted molar refractivity (Wildman–Crippen MR) is 99.6 cm³/mol. The van der Waals surface area contributed by atoms with E-state index in [-0.39, 0.29) is 12.4 Å². The van der Waals surface area contributed by atoms with E-state index in [4.69, 9.17) is 10.00 Å². The number of nitriles is 1. The third kappa shape index (κ3) is 3.30. The van der Waals surface area contributed by atoms with Gasteiger partial charge in [0.05, 0.1) is 18.2 Å². The van der Waals surface area contributed by atoms with Crippen molar-refractivity contribution in [2.45, 2.75) is 12.5 Å². The fourth-order valence-corrected chi connectivity index (χ4v) is 3.96. The third-order valence-electron chi connectivity index (χ3n) is 4.83. The zero-order valence-corrected chi connectivity index (χ0v) is 15.5. The lowest BCUT2D eigenvalue weighted by atomic mass is 9.86. The Kier molecular flexibility index (Phi) is 5.15. The van der Waals surface area contributed by atoms with Crippen LogP contribution in [0.25, 0.3) is 0 Å². The molecule has 2 aromatic carbocycles. The van der Waals surface area contributed by atoms with Gasteiger partial charge in [0.25, 0.3) is 0 Å². The van der Waals surface area contributed by atoms with Crippen molar-refractivity contribution in [3.05, 3.63) is 63.6 Å². The number of halogens is 2. The van der Waals surface area contributed by atoms with Crippen LogP contribution < -0.4 is 4.74 Å². The van der Waals surface area contributed by atoms with Gasteiger partial charge in [-0.15, -0.1) is 12.4 Å². The standard InChI is InChI=1S/C19H17BrN2O.ClH/c20-16-4-1-13(2-5-16)9-22-10-15-12-23-19-6-3-14(8-21)7-17(19)18(15)11-22;/h1-7,15,18H,9-12H2;1H. The van der Waals surface area contributed by atoms with E-state index in [2.05, 4.69) is 51.2 Å². The van der Waals surface area contributed by atoms with Gasteiger partial charge in [-0.3, -0.25) is 4.90 Å². The minimum Gasteiger partial charge on any atom is -0.493 e. The van der Waals surface area contributed by atoms with E-state index in [9.17, 15) is 0 Å². The first kappa shape index (κ1) is 17.3. The summed E-state index contributed by atoms with van der Waals surface area (Å²) in [5.41, 5.74) is 3.26. The summed E-state index contributed by atoms with van der Waals surface area (Å²) in [6.07, 6.45) is 0. The molecule has 1 fully saturated rings. The van der Waals surface area contributed by atoms with Gasteiger partial charge in [0.1, 0.15) is 5.75 Å². The lowest BCUT2D eigenvalue weighted by Crippen LogP contribution is -2.25. The molecule has 0 radical (unpaired) electrons. The molecule has 0 aromatic heterocycles. The van der Waals surface area contributed by atoms with E-state index < -0.39 is 0 Å². The second-order valence-electron chi connectivity index (χ2n) is 6.36. The van der Waals surface area contributed by atoms with Gasteiger partial charge in [-0.05, 0) is 35.9 Å². The van der Waals surface area contributed by atoms with Crippen LogP contribution in [-0.4, -0.2) is 24.6 Å².